The molecule has 0 bridgehead atoms. The van der Waals surface area contributed by atoms with Gasteiger partial charge < -0.3 is 9.84 Å². The van der Waals surface area contributed by atoms with Crippen LogP contribution in [-0.4, -0.2) is 23.3 Å². The third-order valence-corrected chi connectivity index (χ3v) is 1.42. The molecular weight excluding hydrogens is 132 g/mol. The highest BCUT2D eigenvalue weighted by atomic mass is 16.6. The smallest absolute Gasteiger partial charge is 0.184 e. The van der Waals surface area contributed by atoms with E-state index in [0.29, 0.717) is 6.42 Å². The van der Waals surface area contributed by atoms with Gasteiger partial charge in [0.25, 0.3) is 0 Å². The van der Waals surface area contributed by atoms with Crippen molar-refractivity contribution >= 4 is 5.78 Å². The van der Waals surface area contributed by atoms with Gasteiger partial charge in [0.05, 0.1) is 0 Å². The normalized spacial score (nSPS) is 32.8. The molecule has 0 aromatic carbocycles. The minimum atomic E-state index is -0.900. The molecule has 0 radical (unpaired) electrons. The van der Waals surface area contributed by atoms with Crippen LogP contribution in [0.4, 0.5) is 0 Å². The molecule has 0 aromatic rings. The second-order valence-corrected chi connectivity index (χ2v) is 2.19. The minimum absolute atomic E-state index is 0.0622. The van der Waals surface area contributed by atoms with E-state index in [0.717, 1.165) is 0 Å². The third-order valence-electron chi connectivity index (χ3n) is 1.42. The van der Waals surface area contributed by atoms with Crippen molar-refractivity contribution in [3.8, 4) is 0 Å². The lowest BCUT2D eigenvalue weighted by Gasteiger charge is -2.19. The summed E-state index contributed by atoms with van der Waals surface area (Å²) in [6.07, 6.45) is 1.97. The first-order chi connectivity index (χ1) is 4.74. The van der Waals surface area contributed by atoms with Crippen molar-refractivity contribution < 1.29 is 14.6 Å². The van der Waals surface area contributed by atoms with Crippen LogP contribution in [0.15, 0.2) is 12.2 Å². The molecule has 0 amide bonds. The molecular formula is C7H10O3. The Balaban J connectivity index is 2.62. The van der Waals surface area contributed by atoms with Crippen LogP contribution in [0.3, 0.4) is 0 Å². The van der Waals surface area contributed by atoms with Crippen LogP contribution >= 0.6 is 0 Å². The van der Waals surface area contributed by atoms with Crippen molar-refractivity contribution in [3.63, 3.8) is 0 Å². The summed E-state index contributed by atoms with van der Waals surface area (Å²) in [5.74, 6) is -0.0622. The number of aliphatic hydroxyl groups excluding tert-OH is 1. The van der Waals surface area contributed by atoms with E-state index in [2.05, 4.69) is 0 Å². The SMILES string of the molecule is CCC1OC(O)C=CC1=O. The molecule has 0 aromatic heterocycles. The van der Waals surface area contributed by atoms with Crippen molar-refractivity contribution in [2.45, 2.75) is 25.7 Å². The van der Waals surface area contributed by atoms with Crippen LogP contribution in [0.5, 0.6) is 0 Å². The van der Waals surface area contributed by atoms with E-state index in [4.69, 9.17) is 9.84 Å². The van der Waals surface area contributed by atoms with Gasteiger partial charge in [-0.2, -0.15) is 0 Å². The Labute approximate surface area is 59.3 Å². The van der Waals surface area contributed by atoms with E-state index in [9.17, 15) is 4.79 Å². The number of ether oxygens (including phenoxy) is 1. The summed E-state index contributed by atoms with van der Waals surface area (Å²) in [6, 6.07) is 0. The summed E-state index contributed by atoms with van der Waals surface area (Å²) in [5, 5.41) is 8.87. The Hall–Kier alpha value is -0.670. The molecule has 1 rings (SSSR count). The molecule has 0 fully saturated rings. The van der Waals surface area contributed by atoms with Crippen LogP contribution in [-0.2, 0) is 9.53 Å². The average Bonchev–Trinajstić information content (AvgIpc) is 1.94. The van der Waals surface area contributed by atoms with Crippen molar-refractivity contribution in [1.29, 1.82) is 0 Å². The maximum atomic E-state index is 10.8. The predicted octanol–water partition coefficient (Wildman–Crippen LogP) is 0.239. The second-order valence-electron chi connectivity index (χ2n) is 2.19. The van der Waals surface area contributed by atoms with Gasteiger partial charge in [0.15, 0.2) is 12.1 Å². The first kappa shape index (κ1) is 7.44. The summed E-state index contributed by atoms with van der Waals surface area (Å²) in [5.41, 5.74) is 0. The molecule has 3 nitrogen and oxygen atoms in total. The zero-order valence-corrected chi connectivity index (χ0v) is 5.78. The maximum Gasteiger partial charge on any atom is 0.184 e. The summed E-state index contributed by atoms with van der Waals surface area (Å²) < 4.78 is 4.87. The quantitative estimate of drug-likeness (QED) is 0.570. The van der Waals surface area contributed by atoms with Crippen molar-refractivity contribution in [3.05, 3.63) is 12.2 Å². The number of carbonyl (C=O) groups is 1. The van der Waals surface area contributed by atoms with E-state index < -0.39 is 12.4 Å². The summed E-state index contributed by atoms with van der Waals surface area (Å²) in [6.45, 7) is 1.84. The highest BCUT2D eigenvalue weighted by molar-refractivity contribution is 5.94. The molecule has 0 aliphatic carbocycles. The Morgan fingerprint density at radius 3 is 3.00 bits per heavy atom. The molecule has 1 heterocycles. The Kier molecular flexibility index (Phi) is 2.19. The highest BCUT2D eigenvalue weighted by Crippen LogP contribution is 2.09. The lowest BCUT2D eigenvalue weighted by molar-refractivity contribution is -0.148. The van der Waals surface area contributed by atoms with E-state index in [-0.39, 0.29) is 5.78 Å². The lowest BCUT2D eigenvalue weighted by Crippen LogP contribution is -2.30. The van der Waals surface area contributed by atoms with Crippen LogP contribution in [0.1, 0.15) is 13.3 Å². The van der Waals surface area contributed by atoms with Gasteiger partial charge in [-0.3, -0.25) is 4.79 Å². The fraction of sp³-hybridized carbons (Fsp3) is 0.571. The average molecular weight is 142 g/mol. The van der Waals surface area contributed by atoms with Gasteiger partial charge in [-0.05, 0) is 18.6 Å². The van der Waals surface area contributed by atoms with Gasteiger partial charge in [-0.1, -0.05) is 6.92 Å². The van der Waals surface area contributed by atoms with Gasteiger partial charge in [-0.25, -0.2) is 0 Å². The Bertz CT molecular complexity index is 162. The molecule has 1 aliphatic heterocycles. The van der Waals surface area contributed by atoms with Gasteiger partial charge in [0, 0.05) is 0 Å². The summed E-state index contributed by atoms with van der Waals surface area (Å²) >= 11 is 0. The number of ketones is 1. The number of hydrogen-bond donors (Lipinski definition) is 1. The minimum Gasteiger partial charge on any atom is -0.365 e. The molecule has 56 valence electrons. The first-order valence-corrected chi connectivity index (χ1v) is 3.29. The maximum absolute atomic E-state index is 10.8. The third kappa shape index (κ3) is 1.43. The van der Waals surface area contributed by atoms with E-state index in [1.807, 2.05) is 6.92 Å². The fourth-order valence-corrected chi connectivity index (χ4v) is 0.863. The van der Waals surface area contributed by atoms with Gasteiger partial charge >= 0.3 is 0 Å². The molecule has 2 atom stereocenters. The molecule has 1 N–H and O–H groups in total. The molecule has 10 heavy (non-hydrogen) atoms. The lowest BCUT2D eigenvalue weighted by atomic mass is 10.1. The number of aliphatic hydroxyl groups is 1. The van der Waals surface area contributed by atoms with Crippen LogP contribution in [0, 0.1) is 0 Å². The fourth-order valence-electron chi connectivity index (χ4n) is 0.863. The standard InChI is InChI=1S/C7H10O3/c1-2-6-5(8)3-4-7(9)10-6/h3-4,6-7,9H,2H2,1H3. The second kappa shape index (κ2) is 2.94. The zero-order chi connectivity index (χ0) is 7.56. The Morgan fingerprint density at radius 1 is 1.80 bits per heavy atom. The van der Waals surface area contributed by atoms with E-state index >= 15 is 0 Å². The van der Waals surface area contributed by atoms with Gasteiger partial charge in [0.1, 0.15) is 6.10 Å². The van der Waals surface area contributed by atoms with Crippen molar-refractivity contribution in [2.24, 2.45) is 0 Å². The number of rotatable bonds is 1. The molecule has 1 aliphatic rings. The highest BCUT2D eigenvalue weighted by Gasteiger charge is 2.21. The molecule has 0 saturated heterocycles. The van der Waals surface area contributed by atoms with Gasteiger partial charge in [-0.15, -0.1) is 0 Å². The summed E-state index contributed by atoms with van der Waals surface area (Å²) in [7, 11) is 0. The van der Waals surface area contributed by atoms with E-state index in [1.54, 1.807) is 0 Å². The molecule has 0 spiro atoms. The molecule has 3 heteroatoms. The number of hydrogen-bond acceptors (Lipinski definition) is 3. The summed E-state index contributed by atoms with van der Waals surface area (Å²) in [4.78, 5) is 10.8. The van der Waals surface area contributed by atoms with Crippen molar-refractivity contribution in [2.75, 3.05) is 0 Å². The molecule has 0 saturated carbocycles. The topological polar surface area (TPSA) is 46.5 Å². The first-order valence-electron chi connectivity index (χ1n) is 3.29. The van der Waals surface area contributed by atoms with Crippen LogP contribution in [0.2, 0.25) is 0 Å². The van der Waals surface area contributed by atoms with Crippen LogP contribution in [0.25, 0.3) is 0 Å². The van der Waals surface area contributed by atoms with Crippen molar-refractivity contribution in [1.82, 2.24) is 0 Å². The zero-order valence-electron chi connectivity index (χ0n) is 5.78. The largest absolute Gasteiger partial charge is 0.365 e. The number of carbonyl (C=O) groups excluding carboxylic acids is 1. The predicted molar refractivity (Wildman–Crippen MR) is 35.3 cm³/mol. The Morgan fingerprint density at radius 2 is 2.50 bits per heavy atom. The van der Waals surface area contributed by atoms with E-state index in [1.165, 1.54) is 12.2 Å². The monoisotopic (exact) mass is 142 g/mol. The van der Waals surface area contributed by atoms with Gasteiger partial charge in [0.2, 0.25) is 0 Å². The van der Waals surface area contributed by atoms with Crippen LogP contribution < -0.4 is 0 Å². The molecule has 2 unspecified atom stereocenters.